The summed E-state index contributed by atoms with van der Waals surface area (Å²) >= 11 is 0. The molecule has 3 aromatic rings. The van der Waals surface area contributed by atoms with Crippen LogP contribution >= 0.6 is 0 Å². The maximum absolute atomic E-state index is 13.7. The molecule has 2 amide bonds. The Labute approximate surface area is 223 Å². The van der Waals surface area contributed by atoms with Crippen LogP contribution in [0.5, 0.6) is 17.2 Å². The third-order valence-electron chi connectivity index (χ3n) is 6.69. The molecule has 7 heteroatoms. The molecule has 4 rings (SSSR count). The van der Waals surface area contributed by atoms with Crippen LogP contribution in [0.25, 0.3) is 0 Å². The molecular formula is C31H33NO6. The maximum atomic E-state index is 13.7. The van der Waals surface area contributed by atoms with Crippen LogP contribution in [-0.4, -0.2) is 43.8 Å². The molecule has 1 fully saturated rings. The van der Waals surface area contributed by atoms with E-state index in [0.717, 1.165) is 16.7 Å². The lowest BCUT2D eigenvalue weighted by molar-refractivity contribution is -0.132. The minimum Gasteiger partial charge on any atom is -0.493 e. The van der Waals surface area contributed by atoms with Gasteiger partial charge in [0.05, 0.1) is 20.3 Å². The van der Waals surface area contributed by atoms with E-state index >= 15 is 0 Å². The molecule has 1 atom stereocenters. The number of nitrogens with zero attached hydrogens (tertiary/aromatic N) is 1. The number of methoxy groups -OCH3 is 2. The minimum atomic E-state index is -1.18. The van der Waals surface area contributed by atoms with Gasteiger partial charge in [0.2, 0.25) is 5.75 Å². The van der Waals surface area contributed by atoms with Crippen LogP contribution in [0, 0.1) is 5.92 Å². The Morgan fingerprint density at radius 2 is 1.53 bits per heavy atom. The summed E-state index contributed by atoms with van der Waals surface area (Å²) in [5.74, 6) is 0.458. The second kappa shape index (κ2) is 11.4. The van der Waals surface area contributed by atoms with Crippen molar-refractivity contribution in [3.63, 3.8) is 0 Å². The summed E-state index contributed by atoms with van der Waals surface area (Å²) in [6.07, 6.45) is 1.67. The van der Waals surface area contributed by atoms with Crippen LogP contribution in [0.15, 0.2) is 85.5 Å². The number of carbonyl (C=O) groups is 2. The van der Waals surface area contributed by atoms with Gasteiger partial charge in [-0.3, -0.25) is 4.79 Å². The largest absolute Gasteiger partial charge is 0.493 e. The number of allylic oxidation sites excluding steroid dienone is 1. The van der Waals surface area contributed by atoms with Crippen LogP contribution in [0.2, 0.25) is 0 Å². The van der Waals surface area contributed by atoms with Crippen molar-refractivity contribution in [1.82, 2.24) is 4.90 Å². The molecule has 0 N–H and O–H groups in total. The van der Waals surface area contributed by atoms with Crippen LogP contribution in [0.3, 0.4) is 0 Å². The highest BCUT2D eigenvalue weighted by molar-refractivity contribution is 5.95. The standard InChI is InChI=1S/C31H33NO6/c1-6-13-22-18-25(35-4)28(26(19-22)36-5)37-20-27(33)32-29(21(2)3)31(38-30(32)34,23-14-9-7-10-15-23)24-16-11-8-12-17-24/h6-12,14-19,21,29H,1,13,20H2,2-5H3/t29-/m0/s1. The number of carbonyl (C=O) groups excluding carboxylic acids is 2. The molecule has 0 saturated carbocycles. The fourth-order valence-electron chi connectivity index (χ4n) is 5.13. The Balaban J connectivity index is 1.71. The SMILES string of the molecule is C=CCc1cc(OC)c(OCC(=O)N2C(=O)OC(c3ccccc3)(c3ccccc3)[C@@H]2C(C)C)c(OC)c1. The van der Waals surface area contributed by atoms with E-state index in [4.69, 9.17) is 18.9 Å². The number of hydrogen-bond donors (Lipinski definition) is 0. The number of rotatable bonds is 10. The third-order valence-corrected chi connectivity index (χ3v) is 6.69. The van der Waals surface area contributed by atoms with Crippen molar-refractivity contribution in [2.45, 2.75) is 31.9 Å². The highest BCUT2D eigenvalue weighted by Crippen LogP contribution is 2.47. The Kier molecular flexibility index (Phi) is 8.05. The van der Waals surface area contributed by atoms with E-state index in [2.05, 4.69) is 6.58 Å². The van der Waals surface area contributed by atoms with Gasteiger partial charge in [-0.05, 0) is 30.0 Å². The summed E-state index contributed by atoms with van der Waals surface area (Å²) in [7, 11) is 3.03. The van der Waals surface area contributed by atoms with Crippen molar-refractivity contribution in [3.05, 3.63) is 102 Å². The Morgan fingerprint density at radius 3 is 1.97 bits per heavy atom. The average Bonchev–Trinajstić information content (AvgIpc) is 3.27. The van der Waals surface area contributed by atoms with E-state index < -0.39 is 30.3 Å². The van der Waals surface area contributed by atoms with Crippen molar-refractivity contribution < 1.29 is 28.5 Å². The first-order valence-electron chi connectivity index (χ1n) is 12.5. The van der Waals surface area contributed by atoms with Gasteiger partial charge in [0, 0.05) is 11.1 Å². The predicted octanol–water partition coefficient (Wildman–Crippen LogP) is 5.76. The molecule has 0 radical (unpaired) electrons. The van der Waals surface area contributed by atoms with Gasteiger partial charge in [-0.25, -0.2) is 9.69 Å². The van der Waals surface area contributed by atoms with E-state index in [-0.39, 0.29) is 11.7 Å². The third kappa shape index (κ3) is 4.84. The minimum absolute atomic E-state index is 0.131. The lowest BCUT2D eigenvalue weighted by Crippen LogP contribution is -2.50. The number of ether oxygens (including phenoxy) is 4. The molecule has 0 unspecified atom stereocenters. The van der Waals surface area contributed by atoms with Crippen LogP contribution < -0.4 is 14.2 Å². The fourth-order valence-corrected chi connectivity index (χ4v) is 5.13. The lowest BCUT2D eigenvalue weighted by atomic mass is 9.75. The van der Waals surface area contributed by atoms with E-state index in [1.807, 2.05) is 74.5 Å². The normalized spacial score (nSPS) is 16.2. The van der Waals surface area contributed by atoms with E-state index in [1.165, 1.54) is 19.1 Å². The Morgan fingerprint density at radius 1 is 1.00 bits per heavy atom. The number of imide groups is 1. The van der Waals surface area contributed by atoms with Crippen LogP contribution in [-0.2, 0) is 21.6 Å². The Bertz CT molecular complexity index is 1220. The van der Waals surface area contributed by atoms with E-state index in [0.29, 0.717) is 17.9 Å². The number of hydrogen-bond acceptors (Lipinski definition) is 6. The zero-order valence-corrected chi connectivity index (χ0v) is 22.2. The van der Waals surface area contributed by atoms with Gasteiger partial charge < -0.3 is 18.9 Å². The molecule has 3 aromatic carbocycles. The average molecular weight is 516 g/mol. The van der Waals surface area contributed by atoms with Gasteiger partial charge in [-0.1, -0.05) is 80.6 Å². The van der Waals surface area contributed by atoms with Crippen molar-refractivity contribution in [2.75, 3.05) is 20.8 Å². The zero-order valence-electron chi connectivity index (χ0n) is 22.2. The molecule has 7 nitrogen and oxygen atoms in total. The second-order valence-electron chi connectivity index (χ2n) is 9.40. The van der Waals surface area contributed by atoms with Crippen molar-refractivity contribution in [3.8, 4) is 17.2 Å². The summed E-state index contributed by atoms with van der Waals surface area (Å²) < 4.78 is 23.1. The van der Waals surface area contributed by atoms with Gasteiger partial charge in [0.25, 0.3) is 5.91 Å². The maximum Gasteiger partial charge on any atom is 0.418 e. The number of cyclic esters (lactones) is 1. The van der Waals surface area contributed by atoms with E-state index in [1.54, 1.807) is 18.2 Å². The smallest absolute Gasteiger partial charge is 0.418 e. The quantitative estimate of drug-likeness (QED) is 0.320. The Hall–Kier alpha value is -4.26. The van der Waals surface area contributed by atoms with Gasteiger partial charge >= 0.3 is 6.09 Å². The summed E-state index contributed by atoms with van der Waals surface area (Å²) in [5.41, 5.74) is 1.32. The molecule has 0 bridgehead atoms. The lowest BCUT2D eigenvalue weighted by Gasteiger charge is -2.37. The highest BCUT2D eigenvalue weighted by atomic mass is 16.6. The monoisotopic (exact) mass is 515 g/mol. The molecule has 0 aliphatic carbocycles. The van der Waals surface area contributed by atoms with Crippen molar-refractivity contribution in [2.24, 2.45) is 5.92 Å². The summed E-state index contributed by atoms with van der Waals surface area (Å²) in [4.78, 5) is 28.3. The molecule has 1 heterocycles. The van der Waals surface area contributed by atoms with Gasteiger partial charge in [-0.15, -0.1) is 6.58 Å². The first-order chi connectivity index (χ1) is 18.4. The van der Waals surface area contributed by atoms with E-state index in [9.17, 15) is 9.59 Å². The molecule has 1 aliphatic rings. The summed E-state index contributed by atoms with van der Waals surface area (Å²) in [5, 5.41) is 0. The molecule has 0 aromatic heterocycles. The van der Waals surface area contributed by atoms with Crippen molar-refractivity contribution in [1.29, 1.82) is 0 Å². The highest BCUT2D eigenvalue weighted by Gasteiger charge is 2.59. The van der Waals surface area contributed by atoms with Crippen LogP contribution in [0.1, 0.15) is 30.5 Å². The molecule has 198 valence electrons. The number of benzene rings is 3. The molecule has 1 aliphatic heterocycles. The molecule has 0 spiro atoms. The molecule has 38 heavy (non-hydrogen) atoms. The molecule has 1 saturated heterocycles. The number of amides is 2. The summed E-state index contributed by atoms with van der Waals surface area (Å²) in [6, 6.07) is 22.1. The topological polar surface area (TPSA) is 74.3 Å². The zero-order chi connectivity index (χ0) is 27.3. The first-order valence-corrected chi connectivity index (χ1v) is 12.5. The molecular weight excluding hydrogens is 482 g/mol. The fraction of sp³-hybridized carbons (Fsp3) is 0.290. The second-order valence-corrected chi connectivity index (χ2v) is 9.40. The van der Waals surface area contributed by atoms with Gasteiger partial charge in [0.1, 0.15) is 0 Å². The van der Waals surface area contributed by atoms with Gasteiger partial charge in [-0.2, -0.15) is 0 Å². The predicted molar refractivity (Wildman–Crippen MR) is 145 cm³/mol. The van der Waals surface area contributed by atoms with Crippen LogP contribution in [0.4, 0.5) is 4.79 Å². The first kappa shape index (κ1) is 26.8. The van der Waals surface area contributed by atoms with Gasteiger partial charge in [0.15, 0.2) is 23.7 Å². The van der Waals surface area contributed by atoms with Crippen molar-refractivity contribution >= 4 is 12.0 Å². The summed E-state index contributed by atoms with van der Waals surface area (Å²) in [6.45, 7) is 7.30.